The molecular weight excluding hydrogens is 361 g/mol. The molecule has 0 aliphatic heterocycles. The topological polar surface area (TPSA) is 99.0 Å². The molecule has 0 unspecified atom stereocenters. The van der Waals surface area contributed by atoms with Crippen molar-refractivity contribution < 1.29 is 13.9 Å². The van der Waals surface area contributed by atoms with Crippen LogP contribution in [0, 0.1) is 12.7 Å². The summed E-state index contributed by atoms with van der Waals surface area (Å²) < 4.78 is 19.5. The van der Waals surface area contributed by atoms with Crippen LogP contribution < -0.4 is 15.6 Å². The Labute approximate surface area is 151 Å². The number of rotatable bonds is 5. The molecule has 2 aromatic heterocycles. The van der Waals surface area contributed by atoms with E-state index in [1.165, 1.54) is 48.8 Å². The average Bonchev–Trinajstić information content (AvgIpc) is 3.01. The highest BCUT2D eigenvalue weighted by atomic mass is 32.1. The molecule has 3 aromatic rings. The van der Waals surface area contributed by atoms with Gasteiger partial charge in [-0.1, -0.05) is 11.3 Å². The van der Waals surface area contributed by atoms with Crippen LogP contribution in [0.15, 0.2) is 35.1 Å². The van der Waals surface area contributed by atoms with Gasteiger partial charge in [0.25, 0.3) is 5.56 Å². The lowest BCUT2D eigenvalue weighted by Crippen LogP contribution is -2.29. The number of hydrogen-bond donors (Lipinski definition) is 1. The maximum Gasteiger partial charge on any atom is 0.267 e. The van der Waals surface area contributed by atoms with Crippen molar-refractivity contribution in [1.82, 2.24) is 20.0 Å². The third kappa shape index (κ3) is 3.91. The molecule has 0 saturated carbocycles. The standard InChI is InChI=1S/C16H14FN5O3S/c1-9-19-20-16(26-9)18-14(23)8-22-15(24)6-5-12(21-22)11-4-3-10(17)7-13(11)25-2/h3-7H,8H2,1-2H3,(H,18,20,23). The SMILES string of the molecule is COc1cc(F)ccc1-c1ccc(=O)n(CC(=O)Nc2nnc(C)s2)n1. The number of aryl methyl sites for hydroxylation is 1. The molecule has 1 aromatic carbocycles. The van der Waals surface area contributed by atoms with Crippen molar-refractivity contribution >= 4 is 22.4 Å². The van der Waals surface area contributed by atoms with Gasteiger partial charge in [-0.2, -0.15) is 5.10 Å². The molecule has 134 valence electrons. The lowest BCUT2D eigenvalue weighted by Gasteiger charge is -2.10. The minimum Gasteiger partial charge on any atom is -0.496 e. The number of nitrogens with one attached hydrogen (secondary N) is 1. The first-order chi connectivity index (χ1) is 12.5. The minimum absolute atomic E-state index is 0.275. The summed E-state index contributed by atoms with van der Waals surface area (Å²) in [7, 11) is 1.41. The second-order valence-corrected chi connectivity index (χ2v) is 6.42. The number of aromatic nitrogens is 4. The molecule has 0 bridgehead atoms. The minimum atomic E-state index is -0.459. The van der Waals surface area contributed by atoms with E-state index in [1.54, 1.807) is 6.92 Å². The zero-order valence-corrected chi connectivity index (χ0v) is 14.7. The lowest BCUT2D eigenvalue weighted by molar-refractivity contribution is -0.117. The van der Waals surface area contributed by atoms with Crippen LogP contribution in [-0.2, 0) is 11.3 Å². The van der Waals surface area contributed by atoms with E-state index in [2.05, 4.69) is 20.6 Å². The van der Waals surface area contributed by atoms with Crippen LogP contribution >= 0.6 is 11.3 Å². The second-order valence-electron chi connectivity index (χ2n) is 5.23. The predicted molar refractivity (Wildman–Crippen MR) is 93.7 cm³/mol. The van der Waals surface area contributed by atoms with Crippen LogP contribution in [0.2, 0.25) is 0 Å². The van der Waals surface area contributed by atoms with Gasteiger partial charge in [0.15, 0.2) is 0 Å². The van der Waals surface area contributed by atoms with Gasteiger partial charge in [0.05, 0.1) is 12.8 Å². The van der Waals surface area contributed by atoms with Gasteiger partial charge in [0, 0.05) is 17.7 Å². The predicted octanol–water partition coefficient (Wildman–Crippen LogP) is 1.86. The third-order valence-electron chi connectivity index (χ3n) is 3.37. The highest BCUT2D eigenvalue weighted by Gasteiger charge is 2.13. The first-order valence-corrected chi connectivity index (χ1v) is 8.30. The fourth-order valence-electron chi connectivity index (χ4n) is 2.22. The Morgan fingerprint density at radius 2 is 2.12 bits per heavy atom. The molecule has 0 fully saturated rings. The molecule has 0 atom stereocenters. The normalized spacial score (nSPS) is 10.6. The summed E-state index contributed by atoms with van der Waals surface area (Å²) in [6.45, 7) is 1.47. The van der Waals surface area contributed by atoms with E-state index in [9.17, 15) is 14.0 Å². The summed E-state index contributed by atoms with van der Waals surface area (Å²) in [4.78, 5) is 24.1. The number of carbonyl (C=O) groups excluding carboxylic acids is 1. The maximum absolute atomic E-state index is 13.4. The Balaban J connectivity index is 1.86. The second kappa shape index (κ2) is 7.40. The van der Waals surface area contributed by atoms with E-state index in [1.807, 2.05) is 0 Å². The maximum atomic E-state index is 13.4. The molecule has 1 amide bonds. The summed E-state index contributed by atoms with van der Waals surface area (Å²) in [5.74, 6) is -0.638. The summed E-state index contributed by atoms with van der Waals surface area (Å²) in [6, 6.07) is 6.75. The fourth-order valence-corrected chi connectivity index (χ4v) is 2.83. The molecule has 1 N–H and O–H groups in total. The van der Waals surface area contributed by atoms with Crippen molar-refractivity contribution in [3.8, 4) is 17.0 Å². The molecule has 0 radical (unpaired) electrons. The van der Waals surface area contributed by atoms with Crippen molar-refractivity contribution in [3.05, 3.63) is 51.5 Å². The number of carbonyl (C=O) groups is 1. The molecule has 3 rings (SSSR count). The number of benzene rings is 1. The van der Waals surface area contributed by atoms with Crippen LogP contribution in [0.5, 0.6) is 5.75 Å². The number of methoxy groups -OCH3 is 1. The lowest BCUT2D eigenvalue weighted by atomic mass is 10.1. The third-order valence-corrected chi connectivity index (χ3v) is 4.13. The zero-order chi connectivity index (χ0) is 18.7. The van der Waals surface area contributed by atoms with Gasteiger partial charge < -0.3 is 4.74 Å². The first kappa shape index (κ1) is 17.7. The van der Waals surface area contributed by atoms with E-state index < -0.39 is 17.3 Å². The van der Waals surface area contributed by atoms with Gasteiger partial charge in [0.1, 0.15) is 23.1 Å². The molecule has 0 saturated heterocycles. The van der Waals surface area contributed by atoms with Crippen LogP contribution in [0.25, 0.3) is 11.3 Å². The number of halogens is 1. The van der Waals surface area contributed by atoms with E-state index in [-0.39, 0.29) is 12.3 Å². The van der Waals surface area contributed by atoms with Gasteiger partial charge in [-0.25, -0.2) is 9.07 Å². The zero-order valence-electron chi connectivity index (χ0n) is 13.9. The van der Waals surface area contributed by atoms with E-state index in [0.717, 1.165) is 4.68 Å². The largest absolute Gasteiger partial charge is 0.496 e. The molecule has 0 aliphatic carbocycles. The van der Waals surface area contributed by atoms with Crippen molar-refractivity contribution in [2.75, 3.05) is 12.4 Å². The van der Waals surface area contributed by atoms with E-state index >= 15 is 0 Å². The van der Waals surface area contributed by atoms with Gasteiger partial charge in [-0.05, 0) is 25.1 Å². The number of hydrogen-bond acceptors (Lipinski definition) is 7. The van der Waals surface area contributed by atoms with E-state index in [0.29, 0.717) is 21.4 Å². The Morgan fingerprint density at radius 1 is 1.31 bits per heavy atom. The quantitative estimate of drug-likeness (QED) is 0.731. The number of anilines is 1. The van der Waals surface area contributed by atoms with Gasteiger partial charge in [-0.3, -0.25) is 14.9 Å². The van der Waals surface area contributed by atoms with Crippen molar-refractivity contribution in [1.29, 1.82) is 0 Å². The van der Waals surface area contributed by atoms with Gasteiger partial charge in [0.2, 0.25) is 11.0 Å². The van der Waals surface area contributed by atoms with Crippen LogP contribution in [0.1, 0.15) is 5.01 Å². The van der Waals surface area contributed by atoms with Crippen LogP contribution in [-0.4, -0.2) is 33.0 Å². The monoisotopic (exact) mass is 375 g/mol. The molecule has 10 heteroatoms. The highest BCUT2D eigenvalue weighted by molar-refractivity contribution is 7.15. The number of nitrogens with zero attached hydrogens (tertiary/aromatic N) is 4. The Bertz CT molecular complexity index is 1020. The first-order valence-electron chi connectivity index (χ1n) is 7.48. The number of amides is 1. The van der Waals surface area contributed by atoms with Crippen molar-refractivity contribution in [3.63, 3.8) is 0 Å². The summed E-state index contributed by atoms with van der Waals surface area (Å²) in [5, 5.41) is 15.4. The van der Waals surface area contributed by atoms with Crippen LogP contribution in [0.3, 0.4) is 0 Å². The Hall–Kier alpha value is -3.14. The average molecular weight is 375 g/mol. The molecular formula is C16H14FN5O3S. The molecule has 8 nitrogen and oxygen atoms in total. The molecule has 0 spiro atoms. The fraction of sp³-hybridized carbons (Fsp3) is 0.188. The van der Waals surface area contributed by atoms with Crippen molar-refractivity contribution in [2.24, 2.45) is 0 Å². The van der Waals surface area contributed by atoms with Gasteiger partial charge >= 0.3 is 0 Å². The van der Waals surface area contributed by atoms with Crippen LogP contribution in [0.4, 0.5) is 9.52 Å². The summed E-state index contributed by atoms with van der Waals surface area (Å²) >= 11 is 1.22. The molecule has 0 aliphatic rings. The van der Waals surface area contributed by atoms with E-state index in [4.69, 9.17) is 4.74 Å². The highest BCUT2D eigenvalue weighted by Crippen LogP contribution is 2.28. The molecule has 2 heterocycles. The number of ether oxygens (including phenoxy) is 1. The Morgan fingerprint density at radius 3 is 2.81 bits per heavy atom. The Kier molecular flexibility index (Phi) is 5.03. The van der Waals surface area contributed by atoms with Crippen molar-refractivity contribution in [2.45, 2.75) is 13.5 Å². The van der Waals surface area contributed by atoms with Gasteiger partial charge in [-0.15, -0.1) is 10.2 Å². The summed E-state index contributed by atoms with van der Waals surface area (Å²) in [6.07, 6.45) is 0. The summed E-state index contributed by atoms with van der Waals surface area (Å²) in [5.41, 5.74) is 0.433. The molecule has 26 heavy (non-hydrogen) atoms. The smallest absolute Gasteiger partial charge is 0.267 e.